The van der Waals surface area contributed by atoms with Crippen LogP contribution in [0.5, 0.6) is 0 Å². The van der Waals surface area contributed by atoms with E-state index in [1.54, 1.807) is 0 Å². The second-order valence-corrected chi connectivity index (χ2v) is 6.41. The molecule has 21 heavy (non-hydrogen) atoms. The summed E-state index contributed by atoms with van der Waals surface area (Å²) in [4.78, 5) is 19.6. The quantitative estimate of drug-likeness (QED) is 0.805. The first-order valence-corrected chi connectivity index (χ1v) is 7.93. The fourth-order valence-electron chi connectivity index (χ4n) is 4.01. The van der Waals surface area contributed by atoms with Gasteiger partial charge in [0, 0.05) is 24.7 Å². The van der Waals surface area contributed by atoms with E-state index in [4.69, 9.17) is 0 Å². The maximum absolute atomic E-state index is 11.3. The molecule has 3 N–H and O–H groups in total. The first-order valence-electron chi connectivity index (χ1n) is 7.93. The van der Waals surface area contributed by atoms with E-state index in [1.165, 1.54) is 37.9 Å². The lowest BCUT2D eigenvalue weighted by Crippen LogP contribution is -2.40. The molecule has 0 aliphatic carbocycles. The minimum absolute atomic E-state index is 0.139. The number of fused-ring (bicyclic) bond motifs is 2. The van der Waals surface area contributed by atoms with Gasteiger partial charge in [-0.1, -0.05) is 6.07 Å². The van der Waals surface area contributed by atoms with Crippen LogP contribution in [0.3, 0.4) is 0 Å². The summed E-state index contributed by atoms with van der Waals surface area (Å²) in [6, 6.07) is 7.79. The molecule has 2 aromatic rings. The number of benzene rings is 1. The fourth-order valence-corrected chi connectivity index (χ4v) is 4.01. The van der Waals surface area contributed by atoms with Crippen molar-refractivity contribution in [3.63, 3.8) is 0 Å². The highest BCUT2D eigenvalue weighted by Crippen LogP contribution is 2.29. The summed E-state index contributed by atoms with van der Waals surface area (Å²) < 4.78 is 0. The smallest absolute Gasteiger partial charge is 0.306 e. The van der Waals surface area contributed by atoms with Crippen molar-refractivity contribution in [1.82, 2.24) is 20.2 Å². The number of aromatic nitrogens is 2. The highest BCUT2D eigenvalue weighted by Gasteiger charge is 2.37. The highest BCUT2D eigenvalue weighted by atomic mass is 16.1. The Bertz CT molecular complexity index is 704. The van der Waals surface area contributed by atoms with Gasteiger partial charge in [-0.2, -0.15) is 0 Å². The zero-order valence-electron chi connectivity index (χ0n) is 12.4. The Morgan fingerprint density at radius 2 is 2.10 bits per heavy atom. The van der Waals surface area contributed by atoms with Gasteiger partial charge < -0.3 is 15.3 Å². The van der Waals surface area contributed by atoms with Crippen molar-refractivity contribution in [3.05, 3.63) is 34.2 Å². The monoisotopic (exact) mass is 286 g/mol. The van der Waals surface area contributed by atoms with Crippen molar-refractivity contribution in [2.75, 3.05) is 13.1 Å². The Balaban J connectivity index is 1.52. The van der Waals surface area contributed by atoms with E-state index in [0.717, 1.165) is 17.1 Å². The Morgan fingerprint density at radius 3 is 3.00 bits per heavy atom. The van der Waals surface area contributed by atoms with E-state index in [-0.39, 0.29) is 5.69 Å². The van der Waals surface area contributed by atoms with Crippen molar-refractivity contribution in [2.45, 2.75) is 44.3 Å². The largest absolute Gasteiger partial charge is 0.323 e. The third kappa shape index (κ3) is 2.30. The zero-order chi connectivity index (χ0) is 14.4. The number of aromatic amines is 2. The van der Waals surface area contributed by atoms with Gasteiger partial charge in [0.15, 0.2) is 0 Å². The van der Waals surface area contributed by atoms with Gasteiger partial charge in [-0.15, -0.1) is 0 Å². The lowest BCUT2D eigenvalue weighted by Gasteiger charge is -2.25. The minimum Gasteiger partial charge on any atom is -0.306 e. The molecule has 3 heterocycles. The van der Waals surface area contributed by atoms with E-state index in [9.17, 15) is 4.79 Å². The maximum atomic E-state index is 11.3. The highest BCUT2D eigenvalue weighted by molar-refractivity contribution is 5.75. The molecular weight excluding hydrogens is 264 g/mol. The normalized spacial score (nSPS) is 27.3. The number of rotatable bonds is 3. The predicted octanol–water partition coefficient (Wildman–Crippen LogP) is 1.74. The summed E-state index contributed by atoms with van der Waals surface area (Å²) in [5.74, 6) is 0. The first-order chi connectivity index (χ1) is 10.2. The third-order valence-electron chi connectivity index (χ3n) is 5.11. The molecule has 2 saturated heterocycles. The Hall–Kier alpha value is -1.59. The Labute approximate surface area is 123 Å². The summed E-state index contributed by atoms with van der Waals surface area (Å²) in [5.41, 5.74) is 2.85. The lowest BCUT2D eigenvalue weighted by molar-refractivity contribution is 0.291. The summed E-state index contributed by atoms with van der Waals surface area (Å²) in [6.07, 6.45) is 3.92. The second-order valence-electron chi connectivity index (χ2n) is 6.41. The number of nitrogens with zero attached hydrogens (tertiary/aromatic N) is 1. The Morgan fingerprint density at radius 1 is 1.24 bits per heavy atom. The molecule has 112 valence electrons. The molecule has 5 nitrogen and oxygen atoms in total. The Kier molecular flexibility index (Phi) is 3.12. The van der Waals surface area contributed by atoms with Crippen LogP contribution in [0.1, 0.15) is 37.8 Å². The molecule has 5 heteroatoms. The van der Waals surface area contributed by atoms with Gasteiger partial charge >= 0.3 is 5.69 Å². The molecule has 0 bridgehead atoms. The molecule has 0 radical (unpaired) electrons. The van der Waals surface area contributed by atoms with E-state index in [1.807, 2.05) is 6.07 Å². The van der Waals surface area contributed by atoms with Gasteiger partial charge in [0.2, 0.25) is 0 Å². The van der Waals surface area contributed by atoms with E-state index in [0.29, 0.717) is 12.1 Å². The molecule has 2 aliphatic heterocycles. The topological polar surface area (TPSA) is 63.9 Å². The summed E-state index contributed by atoms with van der Waals surface area (Å²) >= 11 is 0. The molecule has 4 rings (SSSR count). The van der Waals surface area contributed by atoms with Crippen LogP contribution in [0, 0.1) is 0 Å². The number of imidazole rings is 1. The number of hydrogen-bond donors (Lipinski definition) is 3. The number of nitrogens with one attached hydrogen (secondary N) is 3. The van der Waals surface area contributed by atoms with Gasteiger partial charge in [-0.25, -0.2) is 4.79 Å². The van der Waals surface area contributed by atoms with Crippen LogP contribution >= 0.6 is 0 Å². The van der Waals surface area contributed by atoms with Crippen molar-refractivity contribution in [2.24, 2.45) is 0 Å². The third-order valence-corrected chi connectivity index (χ3v) is 5.11. The van der Waals surface area contributed by atoms with Crippen LogP contribution in [0.2, 0.25) is 0 Å². The molecule has 1 aromatic heterocycles. The molecule has 3 unspecified atom stereocenters. The molecule has 2 fully saturated rings. The number of hydrogen-bond acceptors (Lipinski definition) is 3. The van der Waals surface area contributed by atoms with Gasteiger partial charge in [-0.3, -0.25) is 4.90 Å². The van der Waals surface area contributed by atoms with Gasteiger partial charge in [-0.05, 0) is 50.4 Å². The molecule has 3 atom stereocenters. The summed E-state index contributed by atoms with van der Waals surface area (Å²) in [6.45, 7) is 4.72. The average Bonchev–Trinajstić information content (AvgIpc) is 3.13. The predicted molar refractivity (Wildman–Crippen MR) is 83.5 cm³/mol. The number of H-pyrrole nitrogens is 2. The van der Waals surface area contributed by atoms with Crippen LogP contribution in [0.4, 0.5) is 0 Å². The first kappa shape index (κ1) is 13.1. The maximum Gasteiger partial charge on any atom is 0.323 e. The standard InChI is InChI=1S/C16H22N4O/c1-10(17-13-6-8-20-7-2-3-15(13)20)11-4-5-12-14(9-11)19-16(21)18-12/h4-5,9-10,13,15,17H,2-3,6-8H2,1H3,(H2,18,19,21). The van der Waals surface area contributed by atoms with Gasteiger partial charge in [0.1, 0.15) is 0 Å². The summed E-state index contributed by atoms with van der Waals surface area (Å²) in [5, 5.41) is 3.79. The van der Waals surface area contributed by atoms with E-state index < -0.39 is 0 Å². The molecule has 1 aromatic carbocycles. The van der Waals surface area contributed by atoms with Gasteiger partial charge in [0.25, 0.3) is 0 Å². The summed E-state index contributed by atoms with van der Waals surface area (Å²) in [7, 11) is 0. The van der Waals surface area contributed by atoms with Crippen LogP contribution in [0.15, 0.2) is 23.0 Å². The van der Waals surface area contributed by atoms with E-state index in [2.05, 4.69) is 39.2 Å². The van der Waals surface area contributed by atoms with Crippen molar-refractivity contribution in [1.29, 1.82) is 0 Å². The second kappa shape index (κ2) is 5.00. The lowest BCUT2D eigenvalue weighted by atomic mass is 10.0. The minimum atomic E-state index is -0.139. The van der Waals surface area contributed by atoms with Crippen LogP contribution < -0.4 is 11.0 Å². The zero-order valence-corrected chi connectivity index (χ0v) is 12.4. The van der Waals surface area contributed by atoms with Crippen LogP contribution in [-0.2, 0) is 0 Å². The molecule has 0 amide bonds. The average molecular weight is 286 g/mol. The molecule has 2 aliphatic rings. The molecule has 0 saturated carbocycles. The van der Waals surface area contributed by atoms with E-state index >= 15 is 0 Å². The van der Waals surface area contributed by atoms with Crippen molar-refractivity contribution < 1.29 is 0 Å². The van der Waals surface area contributed by atoms with Crippen LogP contribution in [0.25, 0.3) is 11.0 Å². The fraction of sp³-hybridized carbons (Fsp3) is 0.562. The van der Waals surface area contributed by atoms with Gasteiger partial charge in [0.05, 0.1) is 11.0 Å². The van der Waals surface area contributed by atoms with Crippen molar-refractivity contribution >= 4 is 11.0 Å². The molecular formula is C16H22N4O. The van der Waals surface area contributed by atoms with Crippen molar-refractivity contribution in [3.8, 4) is 0 Å². The van der Waals surface area contributed by atoms with Crippen LogP contribution in [-0.4, -0.2) is 40.0 Å². The molecule has 0 spiro atoms. The SMILES string of the molecule is CC(NC1CCN2CCCC12)c1ccc2[nH]c(=O)[nH]c2c1.